The summed E-state index contributed by atoms with van der Waals surface area (Å²) in [6.45, 7) is 2.10. The van der Waals surface area contributed by atoms with Crippen molar-refractivity contribution in [3.63, 3.8) is 0 Å². The number of hydrogen-bond acceptors (Lipinski definition) is 2. The third-order valence-corrected chi connectivity index (χ3v) is 4.63. The molecule has 58 valence electrons. The molecule has 0 spiro atoms. The first-order chi connectivity index (χ1) is 4.59. The highest BCUT2D eigenvalue weighted by Gasteiger charge is 2.26. The summed E-state index contributed by atoms with van der Waals surface area (Å²) in [4.78, 5) is 5.49. The molecule has 1 aliphatic rings. The molecular formula is C7H13NOS. The summed E-state index contributed by atoms with van der Waals surface area (Å²) < 4.78 is 5.13. The molecule has 0 aromatic carbocycles. The van der Waals surface area contributed by atoms with Gasteiger partial charge in [0.2, 0.25) is 5.23 Å². The molecule has 0 bridgehead atoms. The Labute approximate surface area is 63.3 Å². The molecule has 1 heterocycles. The van der Waals surface area contributed by atoms with E-state index in [1.807, 2.05) is 6.20 Å². The zero-order valence-electron chi connectivity index (χ0n) is 6.84. The maximum Gasteiger partial charge on any atom is 0.235 e. The number of hydrogen-bond donors (Lipinski definition) is 0. The lowest BCUT2D eigenvalue weighted by molar-refractivity contribution is 0.416. The Bertz CT molecular complexity index is 206. The van der Waals surface area contributed by atoms with Gasteiger partial charge >= 0.3 is 0 Å². The second-order valence-corrected chi connectivity index (χ2v) is 6.31. The van der Waals surface area contributed by atoms with Crippen LogP contribution in [0, 0.1) is 0 Å². The summed E-state index contributed by atoms with van der Waals surface area (Å²) in [5.74, 6) is 0. The van der Waals surface area contributed by atoms with Crippen molar-refractivity contribution in [1.82, 2.24) is 0 Å². The fourth-order valence-corrected chi connectivity index (χ4v) is 2.13. The molecule has 0 amide bonds. The molecule has 3 heteroatoms. The Morgan fingerprint density at radius 1 is 1.50 bits per heavy atom. The number of nitrogens with zero attached hydrogens (tertiary/aromatic N) is 1. The fourth-order valence-electron chi connectivity index (χ4n) is 0.806. The van der Waals surface area contributed by atoms with Crippen LogP contribution in [0.4, 0.5) is 0 Å². The van der Waals surface area contributed by atoms with Crippen LogP contribution in [0.5, 0.6) is 0 Å². The molecule has 0 N–H and O–H groups in total. The van der Waals surface area contributed by atoms with Gasteiger partial charge in [-0.1, -0.05) is 0 Å². The number of aliphatic imine (C=N–C) groups is 1. The molecule has 1 aliphatic heterocycles. The van der Waals surface area contributed by atoms with E-state index in [0.717, 1.165) is 5.23 Å². The summed E-state index contributed by atoms with van der Waals surface area (Å²) in [5, 5.41) is 0.894. The van der Waals surface area contributed by atoms with Crippen LogP contribution < -0.4 is 0 Å². The number of rotatable bonds is 0. The van der Waals surface area contributed by atoms with Crippen molar-refractivity contribution in [2.24, 2.45) is 4.99 Å². The third kappa shape index (κ3) is 0.944. The van der Waals surface area contributed by atoms with Gasteiger partial charge in [0.05, 0.1) is 7.11 Å². The minimum Gasteiger partial charge on any atom is -0.477 e. The number of allylic oxidation sites excluding steroid dienone is 1. The molecule has 0 atom stereocenters. The van der Waals surface area contributed by atoms with Crippen LogP contribution in [0.1, 0.15) is 6.92 Å². The number of ether oxygens (including phenoxy) is 1. The van der Waals surface area contributed by atoms with Gasteiger partial charge in [-0.3, -0.25) is 0 Å². The molecule has 0 fully saturated rings. The van der Waals surface area contributed by atoms with Gasteiger partial charge in [-0.2, -0.15) is 0 Å². The van der Waals surface area contributed by atoms with Crippen LogP contribution in [-0.4, -0.2) is 24.9 Å². The molecule has 10 heavy (non-hydrogen) atoms. The smallest absolute Gasteiger partial charge is 0.235 e. The van der Waals surface area contributed by atoms with Gasteiger partial charge in [-0.25, -0.2) is 4.99 Å². The van der Waals surface area contributed by atoms with Gasteiger partial charge in [-0.15, -0.1) is 10.0 Å². The molecule has 0 aromatic rings. The van der Waals surface area contributed by atoms with Crippen LogP contribution in [0.25, 0.3) is 0 Å². The quantitative estimate of drug-likeness (QED) is 0.529. The predicted octanol–water partition coefficient (Wildman–Crippen LogP) is 1.93. The Morgan fingerprint density at radius 3 is 2.30 bits per heavy atom. The van der Waals surface area contributed by atoms with E-state index in [0.29, 0.717) is 0 Å². The topological polar surface area (TPSA) is 21.6 Å². The lowest BCUT2D eigenvalue weighted by atomic mass is 10.7. The first-order valence-corrected chi connectivity index (χ1v) is 5.56. The summed E-state index contributed by atoms with van der Waals surface area (Å²) in [6, 6.07) is 0. The van der Waals surface area contributed by atoms with Crippen molar-refractivity contribution in [2.45, 2.75) is 6.92 Å². The molecule has 0 radical (unpaired) electrons. The Balaban J connectivity index is 2.89. The van der Waals surface area contributed by atoms with Crippen LogP contribution in [0.15, 0.2) is 16.1 Å². The fraction of sp³-hybridized carbons (Fsp3) is 0.571. The minimum absolute atomic E-state index is 0.827. The van der Waals surface area contributed by atoms with Crippen LogP contribution in [-0.2, 0) is 4.74 Å². The summed E-state index contributed by atoms with van der Waals surface area (Å²) in [5.41, 5.74) is 0. The van der Waals surface area contributed by atoms with Crippen molar-refractivity contribution < 1.29 is 4.74 Å². The molecule has 2 nitrogen and oxygen atoms in total. The van der Waals surface area contributed by atoms with Crippen molar-refractivity contribution in [3.8, 4) is 0 Å². The summed E-state index contributed by atoms with van der Waals surface area (Å²) in [6.07, 6.45) is 6.27. The van der Waals surface area contributed by atoms with Gasteiger partial charge in [0.15, 0.2) is 0 Å². The van der Waals surface area contributed by atoms with Gasteiger partial charge in [0.25, 0.3) is 0 Å². The van der Waals surface area contributed by atoms with Gasteiger partial charge in [0.1, 0.15) is 0 Å². The Morgan fingerprint density at radius 2 is 2.10 bits per heavy atom. The highest BCUT2D eigenvalue weighted by atomic mass is 32.3. The SMILES string of the molecule is COC1=NC=C(C)S1(C)C. The largest absolute Gasteiger partial charge is 0.477 e. The van der Waals surface area contributed by atoms with Crippen molar-refractivity contribution in [2.75, 3.05) is 19.6 Å². The second kappa shape index (κ2) is 2.31. The van der Waals surface area contributed by atoms with Crippen molar-refractivity contribution in [1.29, 1.82) is 0 Å². The van der Waals surface area contributed by atoms with E-state index in [1.165, 1.54) is 4.91 Å². The highest BCUT2D eigenvalue weighted by Crippen LogP contribution is 2.52. The van der Waals surface area contributed by atoms with Crippen molar-refractivity contribution in [3.05, 3.63) is 11.1 Å². The predicted molar refractivity (Wildman–Crippen MR) is 47.6 cm³/mol. The third-order valence-electron chi connectivity index (χ3n) is 1.77. The van der Waals surface area contributed by atoms with Crippen LogP contribution in [0.3, 0.4) is 0 Å². The standard InChI is InChI=1S/C7H13NOS/c1-6-5-8-7(9-2)10(6,3)4/h5H,1-4H3. The second-order valence-electron chi connectivity index (χ2n) is 2.67. The van der Waals surface area contributed by atoms with Gasteiger partial charge in [0, 0.05) is 6.20 Å². The number of methoxy groups -OCH3 is 1. The lowest BCUT2D eigenvalue weighted by Crippen LogP contribution is -2.08. The average Bonchev–Trinajstić information content (AvgIpc) is 2.10. The van der Waals surface area contributed by atoms with Crippen LogP contribution in [0.2, 0.25) is 0 Å². The average molecular weight is 159 g/mol. The molecule has 0 saturated heterocycles. The summed E-state index contributed by atoms with van der Waals surface area (Å²) in [7, 11) is 0.854. The normalized spacial score (nSPS) is 25.2. The first-order valence-electron chi connectivity index (χ1n) is 3.11. The lowest BCUT2D eigenvalue weighted by Gasteiger charge is -2.26. The van der Waals surface area contributed by atoms with Gasteiger partial charge in [-0.05, 0) is 24.3 Å². The van der Waals surface area contributed by atoms with E-state index in [1.54, 1.807) is 7.11 Å². The molecule has 0 saturated carbocycles. The Kier molecular flexibility index (Phi) is 1.77. The van der Waals surface area contributed by atoms with E-state index < -0.39 is 10.0 Å². The van der Waals surface area contributed by atoms with Crippen LogP contribution >= 0.6 is 10.0 Å². The molecule has 0 unspecified atom stereocenters. The summed E-state index contributed by atoms with van der Waals surface area (Å²) >= 11 is 0. The highest BCUT2D eigenvalue weighted by molar-refractivity contribution is 8.47. The molecule has 0 aromatic heterocycles. The zero-order valence-corrected chi connectivity index (χ0v) is 7.66. The van der Waals surface area contributed by atoms with E-state index >= 15 is 0 Å². The van der Waals surface area contributed by atoms with E-state index in [2.05, 4.69) is 24.4 Å². The minimum atomic E-state index is -0.827. The van der Waals surface area contributed by atoms with E-state index in [4.69, 9.17) is 4.74 Å². The molecular weight excluding hydrogens is 146 g/mol. The Hall–Kier alpha value is -0.440. The zero-order chi connectivity index (χ0) is 7.78. The van der Waals surface area contributed by atoms with Crippen molar-refractivity contribution >= 4 is 15.3 Å². The maximum atomic E-state index is 5.13. The maximum absolute atomic E-state index is 5.13. The van der Waals surface area contributed by atoms with Gasteiger partial charge < -0.3 is 4.74 Å². The van der Waals surface area contributed by atoms with E-state index in [9.17, 15) is 0 Å². The first kappa shape index (κ1) is 7.66. The molecule has 1 rings (SSSR count). The monoisotopic (exact) mass is 159 g/mol. The van der Waals surface area contributed by atoms with E-state index in [-0.39, 0.29) is 0 Å². The molecule has 0 aliphatic carbocycles.